The highest BCUT2D eigenvalue weighted by molar-refractivity contribution is 6.06. The second kappa shape index (κ2) is 12.9. The van der Waals surface area contributed by atoms with Crippen molar-refractivity contribution in [1.82, 2.24) is 39.6 Å². The predicted molar refractivity (Wildman–Crippen MR) is 174 cm³/mol. The van der Waals surface area contributed by atoms with Gasteiger partial charge in [0.05, 0.1) is 42.9 Å². The van der Waals surface area contributed by atoms with Crippen LogP contribution >= 0.6 is 0 Å². The van der Waals surface area contributed by atoms with Crippen LogP contribution in [0.5, 0.6) is 6.01 Å². The summed E-state index contributed by atoms with van der Waals surface area (Å²) in [7, 11) is 1.88. The molecule has 5 aromatic rings. The van der Waals surface area contributed by atoms with Crippen molar-refractivity contribution in [3.05, 3.63) is 59.9 Å². The number of fused-ring (bicyclic) bond motifs is 1. The fraction of sp³-hybridized carbons (Fsp3) is 0.375. The number of nitrogens with zero attached hydrogens (tertiary/aromatic N) is 8. The third-order valence-electron chi connectivity index (χ3n) is 8.45. The van der Waals surface area contributed by atoms with Crippen LogP contribution < -0.4 is 20.3 Å². The maximum atomic E-state index is 14.4. The van der Waals surface area contributed by atoms with Crippen LogP contribution in [-0.4, -0.2) is 97.5 Å². The monoisotopic (exact) mass is 641 g/mol. The number of para-hydroxylation sites is 1. The highest BCUT2D eigenvalue weighted by Gasteiger charge is 2.27. The number of aromatic amines is 1. The summed E-state index contributed by atoms with van der Waals surface area (Å²) < 4.78 is 27.6. The topological polar surface area (TPSA) is 151 Å². The Morgan fingerprint density at radius 1 is 1.15 bits per heavy atom. The van der Waals surface area contributed by atoms with E-state index in [1.54, 1.807) is 10.9 Å². The van der Waals surface area contributed by atoms with Gasteiger partial charge in [0.25, 0.3) is 0 Å². The van der Waals surface area contributed by atoms with Gasteiger partial charge in [-0.05, 0) is 31.9 Å². The molecule has 7 rings (SSSR count). The average molecular weight is 642 g/mol. The molecule has 4 aromatic heterocycles. The van der Waals surface area contributed by atoms with E-state index in [0.29, 0.717) is 63.3 Å². The number of hydrogen-bond donors (Lipinski definition) is 3. The molecule has 47 heavy (non-hydrogen) atoms. The van der Waals surface area contributed by atoms with Gasteiger partial charge in [-0.15, -0.1) is 0 Å². The minimum atomic E-state index is -0.488. The number of aryl methyl sites for hydroxylation is 3. The van der Waals surface area contributed by atoms with Gasteiger partial charge in [0, 0.05) is 68.3 Å². The van der Waals surface area contributed by atoms with E-state index in [-0.39, 0.29) is 30.4 Å². The molecule has 0 radical (unpaired) electrons. The number of amides is 1. The summed E-state index contributed by atoms with van der Waals surface area (Å²) in [5.41, 5.74) is 5.08. The van der Waals surface area contributed by atoms with E-state index in [9.17, 15) is 9.18 Å². The molecule has 2 saturated heterocycles. The van der Waals surface area contributed by atoms with Gasteiger partial charge < -0.3 is 30.0 Å². The Morgan fingerprint density at radius 3 is 2.81 bits per heavy atom. The minimum absolute atomic E-state index is 0.132. The predicted octanol–water partition coefficient (Wildman–Crippen LogP) is 3.58. The minimum Gasteiger partial charge on any atom is -0.459 e. The molecule has 6 heterocycles. The van der Waals surface area contributed by atoms with E-state index in [4.69, 9.17) is 14.5 Å². The van der Waals surface area contributed by atoms with Gasteiger partial charge in [-0.2, -0.15) is 10.1 Å². The lowest BCUT2D eigenvalue weighted by molar-refractivity contribution is -0.117. The summed E-state index contributed by atoms with van der Waals surface area (Å²) in [6.45, 7) is 7.49. The number of hydrogen-bond acceptors (Lipinski definition) is 11. The summed E-state index contributed by atoms with van der Waals surface area (Å²) in [6, 6.07) is 7.85. The van der Waals surface area contributed by atoms with E-state index in [2.05, 4.69) is 35.7 Å². The summed E-state index contributed by atoms with van der Waals surface area (Å²) in [5, 5.41) is 11.6. The smallest absolute Gasteiger partial charge is 0.318 e. The first kappa shape index (κ1) is 30.5. The lowest BCUT2D eigenvalue weighted by Gasteiger charge is -2.28. The highest BCUT2D eigenvalue weighted by Crippen LogP contribution is 2.33. The lowest BCUT2D eigenvalue weighted by Crippen LogP contribution is -2.37. The third kappa shape index (κ3) is 6.57. The molecule has 14 nitrogen and oxygen atoms in total. The van der Waals surface area contributed by atoms with E-state index in [1.807, 2.05) is 61.2 Å². The third-order valence-corrected chi connectivity index (χ3v) is 8.45. The molecule has 244 valence electrons. The molecule has 1 aromatic carbocycles. The number of likely N-dealkylation sites (tertiary alicyclic amines) is 1. The number of rotatable bonds is 9. The van der Waals surface area contributed by atoms with Crippen molar-refractivity contribution in [2.24, 2.45) is 7.05 Å². The second-order valence-electron chi connectivity index (χ2n) is 11.8. The maximum Gasteiger partial charge on any atom is 0.318 e. The molecule has 15 heteroatoms. The zero-order valence-electron chi connectivity index (χ0n) is 26.5. The van der Waals surface area contributed by atoms with Crippen LogP contribution in [0.25, 0.3) is 22.2 Å². The average Bonchev–Trinajstić information content (AvgIpc) is 3.78. The first-order valence-corrected chi connectivity index (χ1v) is 15.6. The molecule has 0 aliphatic carbocycles. The van der Waals surface area contributed by atoms with Gasteiger partial charge in [-0.1, -0.05) is 12.1 Å². The molecule has 1 unspecified atom stereocenters. The molecular formula is C32H36FN11O3. The van der Waals surface area contributed by atoms with Crippen molar-refractivity contribution >= 4 is 40.1 Å². The number of ether oxygens (including phenoxy) is 2. The van der Waals surface area contributed by atoms with Crippen molar-refractivity contribution in [3.63, 3.8) is 0 Å². The fourth-order valence-corrected chi connectivity index (χ4v) is 5.94. The number of halogens is 1. The SMILES string of the molecule is Cc1cnc(Nc2cc(C)n(C)n2)nc1-c1c[nH]c2c(NC(=O)CN3CCC(Oc4ncc(F)c(N5CCOCC5)n4)C3)cccc12. The number of morpholine rings is 1. The van der Waals surface area contributed by atoms with Crippen LogP contribution in [0, 0.1) is 19.7 Å². The van der Waals surface area contributed by atoms with Crippen LogP contribution in [0.4, 0.5) is 27.7 Å². The van der Waals surface area contributed by atoms with Crippen LogP contribution in [0.1, 0.15) is 17.7 Å². The van der Waals surface area contributed by atoms with Crippen LogP contribution in [0.3, 0.4) is 0 Å². The van der Waals surface area contributed by atoms with Gasteiger partial charge in [-0.25, -0.2) is 19.3 Å². The van der Waals surface area contributed by atoms with Gasteiger partial charge in [-0.3, -0.25) is 14.4 Å². The number of benzene rings is 1. The second-order valence-corrected chi connectivity index (χ2v) is 11.8. The Labute approximate surface area is 270 Å². The van der Waals surface area contributed by atoms with Crippen molar-refractivity contribution in [2.75, 3.05) is 61.5 Å². The summed E-state index contributed by atoms with van der Waals surface area (Å²) in [5.74, 6) is 0.705. The lowest BCUT2D eigenvalue weighted by atomic mass is 10.1. The molecule has 3 N–H and O–H groups in total. The van der Waals surface area contributed by atoms with E-state index >= 15 is 0 Å². The quantitative estimate of drug-likeness (QED) is 0.217. The van der Waals surface area contributed by atoms with Crippen LogP contribution in [-0.2, 0) is 16.6 Å². The number of H-pyrrole nitrogens is 1. The van der Waals surface area contributed by atoms with Gasteiger partial charge >= 0.3 is 6.01 Å². The molecule has 2 fully saturated rings. The van der Waals surface area contributed by atoms with E-state index in [0.717, 1.165) is 39.6 Å². The fourth-order valence-electron chi connectivity index (χ4n) is 5.94. The Kier molecular flexibility index (Phi) is 8.39. The zero-order chi connectivity index (χ0) is 32.5. The summed E-state index contributed by atoms with van der Waals surface area (Å²) in [4.78, 5) is 38.0. The Morgan fingerprint density at radius 2 is 2.00 bits per heavy atom. The first-order chi connectivity index (χ1) is 22.8. The Bertz CT molecular complexity index is 1900. The summed E-state index contributed by atoms with van der Waals surface area (Å²) in [6.07, 6.45) is 5.31. The number of anilines is 4. The molecular weight excluding hydrogens is 605 g/mol. The van der Waals surface area contributed by atoms with Gasteiger partial charge in [0.1, 0.15) is 6.10 Å². The zero-order valence-corrected chi connectivity index (χ0v) is 26.5. The Balaban J connectivity index is 0.994. The number of carbonyl (C=O) groups excluding carboxylic acids is 1. The van der Waals surface area contributed by atoms with Gasteiger partial charge in [0.15, 0.2) is 17.5 Å². The van der Waals surface area contributed by atoms with Crippen molar-refractivity contribution in [2.45, 2.75) is 26.4 Å². The molecule has 1 atom stereocenters. The van der Waals surface area contributed by atoms with Gasteiger partial charge in [0.2, 0.25) is 11.9 Å². The van der Waals surface area contributed by atoms with E-state index in [1.165, 1.54) is 0 Å². The molecule has 2 aliphatic rings. The number of nitrogens with one attached hydrogen (secondary N) is 3. The van der Waals surface area contributed by atoms with Crippen molar-refractivity contribution in [3.8, 4) is 17.3 Å². The molecule has 0 bridgehead atoms. The number of aromatic nitrogens is 7. The maximum absolute atomic E-state index is 14.4. The van der Waals surface area contributed by atoms with Crippen molar-refractivity contribution in [1.29, 1.82) is 0 Å². The molecule has 0 spiro atoms. The van der Waals surface area contributed by atoms with Crippen molar-refractivity contribution < 1.29 is 18.7 Å². The van der Waals surface area contributed by atoms with Crippen LogP contribution in [0.2, 0.25) is 0 Å². The highest BCUT2D eigenvalue weighted by atomic mass is 19.1. The van der Waals surface area contributed by atoms with E-state index < -0.39 is 5.82 Å². The molecule has 2 aliphatic heterocycles. The normalized spacial score (nSPS) is 16.9. The summed E-state index contributed by atoms with van der Waals surface area (Å²) >= 11 is 0. The first-order valence-electron chi connectivity index (χ1n) is 15.6. The Hall–Kier alpha value is -5.15. The largest absolute Gasteiger partial charge is 0.459 e. The number of carbonyl (C=O) groups is 1. The standard InChI is InChI=1S/C32H36FN11O3/c1-19-14-35-31(38-26-13-20(2)42(3)41-26)39-28(19)23-15-34-29-22(23)5-4-6-25(29)37-27(45)18-43-8-7-21(17-43)47-32-36-16-24(33)30(40-32)44-9-11-46-12-10-44/h4-6,13-16,21,34H,7-12,17-18H2,1-3H3,(H,37,45)(H,35,38,39,41). The molecule has 0 saturated carbocycles. The molecule has 1 amide bonds. The van der Waals surface area contributed by atoms with Crippen LogP contribution in [0.15, 0.2) is 42.9 Å².